The van der Waals surface area contributed by atoms with Gasteiger partial charge in [0.25, 0.3) is 0 Å². The van der Waals surface area contributed by atoms with Gasteiger partial charge in [-0.2, -0.15) is 5.10 Å². The summed E-state index contributed by atoms with van der Waals surface area (Å²) in [7, 11) is 0. The zero-order valence-corrected chi connectivity index (χ0v) is 18.3. The Labute approximate surface area is 177 Å². The number of hydrogen-bond acceptors (Lipinski definition) is 5. The summed E-state index contributed by atoms with van der Waals surface area (Å²) in [6, 6.07) is 5.81. The molecule has 1 saturated heterocycles. The fourth-order valence-electron chi connectivity index (χ4n) is 3.48. The molecule has 154 valence electrons. The van der Waals surface area contributed by atoms with Crippen molar-refractivity contribution in [3.8, 4) is 0 Å². The zero-order valence-electron chi connectivity index (χ0n) is 16.8. The van der Waals surface area contributed by atoms with Crippen LogP contribution in [0.15, 0.2) is 30.9 Å². The number of rotatable bonds is 6. The average Bonchev–Trinajstić information content (AvgIpc) is 3.12. The van der Waals surface area contributed by atoms with Crippen molar-refractivity contribution >= 4 is 23.2 Å². The van der Waals surface area contributed by atoms with Crippen LogP contribution in [-0.2, 0) is 13.1 Å². The van der Waals surface area contributed by atoms with Crippen LogP contribution < -0.4 is 0 Å². The van der Waals surface area contributed by atoms with Gasteiger partial charge in [-0.1, -0.05) is 50.0 Å². The first-order chi connectivity index (χ1) is 13.2. The molecule has 1 aromatic heterocycles. The van der Waals surface area contributed by atoms with E-state index in [1.54, 1.807) is 11.0 Å². The van der Waals surface area contributed by atoms with E-state index in [1.807, 2.05) is 18.2 Å². The number of benzene rings is 1. The Morgan fingerprint density at radius 1 is 1.00 bits per heavy atom. The van der Waals surface area contributed by atoms with Crippen LogP contribution in [0, 0.1) is 5.41 Å². The second kappa shape index (κ2) is 8.67. The smallest absolute Gasteiger partial charge is 0.137 e. The van der Waals surface area contributed by atoms with Crippen molar-refractivity contribution in [2.75, 3.05) is 32.7 Å². The number of aliphatic hydroxyl groups is 1. The summed E-state index contributed by atoms with van der Waals surface area (Å²) in [6.07, 6.45) is 3.16. The van der Waals surface area contributed by atoms with Crippen molar-refractivity contribution in [3.63, 3.8) is 0 Å². The highest BCUT2D eigenvalue weighted by Crippen LogP contribution is 2.33. The van der Waals surface area contributed by atoms with Crippen molar-refractivity contribution in [1.82, 2.24) is 24.6 Å². The predicted molar refractivity (Wildman–Crippen MR) is 113 cm³/mol. The number of halogens is 2. The van der Waals surface area contributed by atoms with Gasteiger partial charge < -0.3 is 5.11 Å². The highest BCUT2D eigenvalue weighted by atomic mass is 35.5. The Balaban J connectivity index is 1.57. The normalized spacial score (nSPS) is 18.9. The highest BCUT2D eigenvalue weighted by molar-refractivity contribution is 6.42. The van der Waals surface area contributed by atoms with E-state index in [9.17, 15) is 5.11 Å². The van der Waals surface area contributed by atoms with Crippen LogP contribution in [-0.4, -0.2) is 68.0 Å². The Bertz CT molecular complexity index is 769. The van der Waals surface area contributed by atoms with Gasteiger partial charge in [0.2, 0.25) is 0 Å². The van der Waals surface area contributed by atoms with Crippen LogP contribution in [0.4, 0.5) is 0 Å². The third kappa shape index (κ3) is 5.24. The van der Waals surface area contributed by atoms with Crippen LogP contribution in [0.25, 0.3) is 0 Å². The van der Waals surface area contributed by atoms with E-state index in [0.29, 0.717) is 23.1 Å². The Kier molecular flexibility index (Phi) is 6.67. The van der Waals surface area contributed by atoms with E-state index < -0.39 is 5.60 Å². The van der Waals surface area contributed by atoms with Gasteiger partial charge in [-0.05, 0) is 23.1 Å². The number of aromatic nitrogens is 3. The van der Waals surface area contributed by atoms with E-state index >= 15 is 0 Å². The molecule has 3 rings (SSSR count). The summed E-state index contributed by atoms with van der Waals surface area (Å²) in [5.74, 6) is 0. The average molecular weight is 426 g/mol. The third-order valence-corrected chi connectivity index (χ3v) is 6.37. The van der Waals surface area contributed by atoms with Gasteiger partial charge in [-0.3, -0.25) is 14.5 Å². The van der Waals surface area contributed by atoms with Crippen molar-refractivity contribution in [3.05, 3.63) is 46.5 Å². The second-order valence-electron chi connectivity index (χ2n) is 8.68. The monoisotopic (exact) mass is 425 g/mol. The first-order valence-corrected chi connectivity index (χ1v) is 10.4. The Hall–Kier alpha value is -1.18. The summed E-state index contributed by atoms with van der Waals surface area (Å²) in [4.78, 5) is 8.75. The molecule has 0 spiro atoms. The van der Waals surface area contributed by atoms with Gasteiger partial charge in [-0.25, -0.2) is 4.98 Å². The molecule has 1 N–H and O–H groups in total. The SMILES string of the molecule is CC(C)(C)C(O)(CN1CCN(Cc2ccc(Cl)c(Cl)c2)CC1)Cn1cncn1. The molecule has 8 heteroatoms. The lowest BCUT2D eigenvalue weighted by Gasteiger charge is -2.45. The van der Waals surface area contributed by atoms with Gasteiger partial charge in [0.1, 0.15) is 18.3 Å². The van der Waals surface area contributed by atoms with Crippen LogP contribution in [0.3, 0.4) is 0 Å². The minimum atomic E-state index is -0.896. The third-order valence-electron chi connectivity index (χ3n) is 5.63. The molecule has 6 nitrogen and oxygen atoms in total. The maximum Gasteiger partial charge on any atom is 0.137 e. The highest BCUT2D eigenvalue weighted by Gasteiger charge is 2.42. The quantitative estimate of drug-likeness (QED) is 0.769. The molecular formula is C20H29Cl2N5O. The maximum absolute atomic E-state index is 11.5. The van der Waals surface area contributed by atoms with Gasteiger partial charge in [0, 0.05) is 39.3 Å². The minimum absolute atomic E-state index is 0.282. The minimum Gasteiger partial charge on any atom is -0.386 e. The van der Waals surface area contributed by atoms with Crippen molar-refractivity contribution in [1.29, 1.82) is 0 Å². The lowest BCUT2D eigenvalue weighted by Crippen LogP contribution is -2.58. The fraction of sp³-hybridized carbons (Fsp3) is 0.600. The largest absolute Gasteiger partial charge is 0.386 e. The van der Waals surface area contributed by atoms with E-state index in [1.165, 1.54) is 11.9 Å². The number of hydrogen-bond donors (Lipinski definition) is 1. The maximum atomic E-state index is 11.5. The van der Waals surface area contributed by atoms with Crippen LogP contribution >= 0.6 is 23.2 Å². The van der Waals surface area contributed by atoms with Crippen LogP contribution in [0.1, 0.15) is 26.3 Å². The molecule has 0 aliphatic carbocycles. The van der Waals surface area contributed by atoms with E-state index in [4.69, 9.17) is 23.2 Å². The molecule has 2 aromatic rings. The van der Waals surface area contributed by atoms with Gasteiger partial charge in [-0.15, -0.1) is 0 Å². The molecule has 1 aromatic carbocycles. The first-order valence-electron chi connectivity index (χ1n) is 9.60. The molecular weight excluding hydrogens is 397 g/mol. The fourth-order valence-corrected chi connectivity index (χ4v) is 3.80. The summed E-state index contributed by atoms with van der Waals surface area (Å²) in [5, 5.41) is 16.8. The molecule has 1 aliphatic rings. The van der Waals surface area contributed by atoms with Crippen molar-refractivity contribution in [2.24, 2.45) is 5.41 Å². The molecule has 1 fully saturated rings. The summed E-state index contributed by atoms with van der Waals surface area (Å²) in [6.45, 7) is 11.8. The second-order valence-corrected chi connectivity index (χ2v) is 9.49. The predicted octanol–water partition coefficient (Wildman–Crippen LogP) is 3.18. The Morgan fingerprint density at radius 2 is 1.68 bits per heavy atom. The van der Waals surface area contributed by atoms with Crippen LogP contribution in [0.5, 0.6) is 0 Å². The number of piperazine rings is 1. The molecule has 0 saturated carbocycles. The molecule has 28 heavy (non-hydrogen) atoms. The lowest BCUT2D eigenvalue weighted by molar-refractivity contribution is -0.0990. The molecule has 0 radical (unpaired) electrons. The summed E-state index contributed by atoms with van der Waals surface area (Å²) < 4.78 is 1.71. The van der Waals surface area contributed by atoms with Crippen molar-refractivity contribution < 1.29 is 5.11 Å². The number of nitrogens with zero attached hydrogens (tertiary/aromatic N) is 5. The van der Waals surface area contributed by atoms with Gasteiger partial charge in [0.05, 0.1) is 16.6 Å². The molecule has 0 amide bonds. The standard InChI is InChI=1S/C20H29Cl2N5O/c1-19(2,3)20(28,13-27-15-23-14-24-27)12-26-8-6-25(7-9-26)11-16-4-5-17(21)18(22)10-16/h4-5,10,14-15,28H,6-9,11-13H2,1-3H3. The summed E-state index contributed by atoms with van der Waals surface area (Å²) >= 11 is 12.1. The van der Waals surface area contributed by atoms with Crippen molar-refractivity contribution in [2.45, 2.75) is 39.5 Å². The molecule has 0 bridgehead atoms. The molecule has 1 aliphatic heterocycles. The van der Waals surface area contributed by atoms with E-state index in [2.05, 4.69) is 40.7 Å². The topological polar surface area (TPSA) is 57.4 Å². The molecule has 1 unspecified atom stereocenters. The van der Waals surface area contributed by atoms with Crippen LogP contribution in [0.2, 0.25) is 10.0 Å². The van der Waals surface area contributed by atoms with E-state index in [-0.39, 0.29) is 5.41 Å². The molecule has 2 heterocycles. The summed E-state index contributed by atoms with van der Waals surface area (Å²) in [5.41, 5.74) is -0.0110. The van der Waals surface area contributed by atoms with Gasteiger partial charge >= 0.3 is 0 Å². The van der Waals surface area contributed by atoms with Gasteiger partial charge in [0.15, 0.2) is 0 Å². The lowest BCUT2D eigenvalue weighted by atomic mass is 9.76. The first kappa shape index (κ1) is 21.5. The van der Waals surface area contributed by atoms with E-state index in [0.717, 1.165) is 32.7 Å². The molecule has 1 atom stereocenters. The zero-order chi connectivity index (χ0) is 20.4. The number of β-amino-alcohol motifs (C(OH)–C–C–N with tert-alkyl or cyclic N) is 1. The Morgan fingerprint density at radius 3 is 2.25 bits per heavy atom.